The molecule has 10 heteroatoms. The third-order valence-electron chi connectivity index (χ3n) is 5.05. The Morgan fingerprint density at radius 2 is 1.73 bits per heavy atom. The molecule has 2 N–H and O–H groups in total. The number of carbonyl (C=O) groups is 1. The lowest BCUT2D eigenvalue weighted by atomic mass is 10.1. The van der Waals surface area contributed by atoms with Crippen molar-refractivity contribution in [2.45, 2.75) is 43.2 Å². The van der Waals surface area contributed by atoms with Crippen LogP contribution in [-0.4, -0.2) is 42.4 Å². The highest BCUT2D eigenvalue weighted by Crippen LogP contribution is 2.27. The van der Waals surface area contributed by atoms with Crippen LogP contribution in [0.2, 0.25) is 0 Å². The van der Waals surface area contributed by atoms with Crippen molar-refractivity contribution in [2.24, 2.45) is 0 Å². The Kier molecular flexibility index (Phi) is 6.49. The second-order valence-corrected chi connectivity index (χ2v) is 9.07. The third kappa shape index (κ3) is 4.66. The van der Waals surface area contributed by atoms with E-state index in [1.54, 1.807) is 6.92 Å². The largest absolute Gasteiger partial charge is 0.393 e. The normalized spacial score (nSPS) is 20.6. The first-order valence-corrected chi connectivity index (χ1v) is 10.8. The van der Waals surface area contributed by atoms with E-state index in [2.05, 4.69) is 5.32 Å². The summed E-state index contributed by atoms with van der Waals surface area (Å²) in [7, 11) is -4.27. The van der Waals surface area contributed by atoms with Gasteiger partial charge in [-0.05, 0) is 56.5 Å². The summed E-state index contributed by atoms with van der Waals surface area (Å²) in [6.45, 7) is 1.70. The van der Waals surface area contributed by atoms with E-state index >= 15 is 0 Å². The fraction of sp³-hybridized carbons (Fsp3) is 0.350. The summed E-state index contributed by atoms with van der Waals surface area (Å²) in [6.07, 6.45) is 0.442. The summed E-state index contributed by atoms with van der Waals surface area (Å²) in [5.74, 6) is -4.07. The van der Waals surface area contributed by atoms with Crippen molar-refractivity contribution in [3.05, 3.63) is 59.4 Å². The van der Waals surface area contributed by atoms with Gasteiger partial charge in [-0.25, -0.2) is 21.6 Å². The summed E-state index contributed by atoms with van der Waals surface area (Å²) < 4.78 is 68.1. The summed E-state index contributed by atoms with van der Waals surface area (Å²) in [6, 6.07) is 5.17. The lowest BCUT2D eigenvalue weighted by Gasteiger charge is -2.26. The first-order valence-electron chi connectivity index (χ1n) is 9.35. The van der Waals surface area contributed by atoms with Crippen LogP contribution in [0.1, 0.15) is 36.5 Å². The molecule has 0 radical (unpaired) electrons. The number of aliphatic hydroxyl groups is 1. The monoisotopic (exact) mass is 442 g/mol. The molecule has 2 aromatic carbocycles. The van der Waals surface area contributed by atoms with Gasteiger partial charge < -0.3 is 10.4 Å². The maximum absolute atomic E-state index is 14.4. The Morgan fingerprint density at radius 3 is 2.43 bits per heavy atom. The Balaban J connectivity index is 1.90. The van der Waals surface area contributed by atoms with E-state index < -0.39 is 50.4 Å². The summed E-state index contributed by atoms with van der Waals surface area (Å²) >= 11 is 0. The number of nitrogens with one attached hydrogen (secondary N) is 1. The summed E-state index contributed by atoms with van der Waals surface area (Å²) in [4.78, 5) is 11.8. The molecular formula is C20H21F3N2O4S. The van der Waals surface area contributed by atoms with E-state index in [4.69, 9.17) is 0 Å². The van der Waals surface area contributed by atoms with Gasteiger partial charge in [-0.1, -0.05) is 0 Å². The molecule has 1 aliphatic rings. The van der Waals surface area contributed by atoms with E-state index in [-0.39, 0.29) is 24.2 Å². The minimum absolute atomic E-state index is 0.0232. The van der Waals surface area contributed by atoms with Crippen molar-refractivity contribution in [3.63, 3.8) is 0 Å². The zero-order valence-electron chi connectivity index (χ0n) is 16.1. The van der Waals surface area contributed by atoms with E-state index in [9.17, 15) is 31.5 Å². The van der Waals surface area contributed by atoms with Gasteiger partial charge in [0.25, 0.3) is 5.91 Å². The highest BCUT2D eigenvalue weighted by Gasteiger charge is 2.34. The maximum atomic E-state index is 14.4. The van der Waals surface area contributed by atoms with Crippen LogP contribution < -0.4 is 5.32 Å². The first kappa shape index (κ1) is 22.3. The third-order valence-corrected chi connectivity index (χ3v) is 7.08. The van der Waals surface area contributed by atoms with Crippen LogP contribution >= 0.6 is 0 Å². The predicted molar refractivity (Wildman–Crippen MR) is 104 cm³/mol. The Bertz CT molecular complexity index is 1060. The maximum Gasteiger partial charge on any atom is 0.255 e. The molecule has 2 aromatic rings. The molecule has 0 aliphatic carbocycles. The van der Waals surface area contributed by atoms with Crippen molar-refractivity contribution in [2.75, 3.05) is 11.9 Å². The number of benzene rings is 2. The smallest absolute Gasteiger partial charge is 0.255 e. The van der Waals surface area contributed by atoms with E-state index in [1.807, 2.05) is 0 Å². The molecule has 3 rings (SSSR count). The Hall–Kier alpha value is -2.43. The number of amides is 1. The van der Waals surface area contributed by atoms with Gasteiger partial charge in [0.15, 0.2) is 11.6 Å². The predicted octanol–water partition coefficient (Wildman–Crippen LogP) is 3.28. The molecule has 2 unspecified atom stereocenters. The number of nitrogens with zero attached hydrogens (tertiary/aromatic N) is 1. The molecule has 1 fully saturated rings. The highest BCUT2D eigenvalue weighted by molar-refractivity contribution is 7.89. The summed E-state index contributed by atoms with van der Waals surface area (Å²) in [5, 5.41) is 12.1. The van der Waals surface area contributed by atoms with Gasteiger partial charge in [0.05, 0.1) is 6.10 Å². The van der Waals surface area contributed by atoms with Crippen molar-refractivity contribution >= 4 is 21.6 Å². The average molecular weight is 442 g/mol. The molecule has 162 valence electrons. The first-order chi connectivity index (χ1) is 14.1. The van der Waals surface area contributed by atoms with Crippen LogP contribution in [0.25, 0.3) is 0 Å². The average Bonchev–Trinajstić information content (AvgIpc) is 2.86. The number of aliphatic hydroxyl groups excluding tert-OH is 1. The molecule has 6 nitrogen and oxygen atoms in total. The number of hydrogen-bond donors (Lipinski definition) is 2. The van der Waals surface area contributed by atoms with Crippen molar-refractivity contribution in [3.8, 4) is 0 Å². The van der Waals surface area contributed by atoms with Gasteiger partial charge in [-0.3, -0.25) is 4.79 Å². The topological polar surface area (TPSA) is 86.7 Å². The lowest BCUT2D eigenvalue weighted by Crippen LogP contribution is -2.38. The van der Waals surface area contributed by atoms with E-state index in [0.29, 0.717) is 12.8 Å². The van der Waals surface area contributed by atoms with Crippen LogP contribution in [-0.2, 0) is 10.0 Å². The second-order valence-electron chi connectivity index (χ2n) is 7.21. The molecule has 0 aromatic heterocycles. The molecule has 0 saturated carbocycles. The molecule has 1 amide bonds. The van der Waals surface area contributed by atoms with Gasteiger partial charge in [0.2, 0.25) is 10.0 Å². The molecule has 0 bridgehead atoms. The SMILES string of the molecule is CC1CCC(O)CCN1S(=O)(=O)c1cc(C(=O)Nc2ccc(F)c(F)c2)ccc1F. The van der Waals surface area contributed by atoms with Crippen LogP contribution in [0.15, 0.2) is 41.3 Å². The van der Waals surface area contributed by atoms with Gasteiger partial charge in [-0.15, -0.1) is 0 Å². The number of anilines is 1. The van der Waals surface area contributed by atoms with Gasteiger partial charge in [0, 0.05) is 29.9 Å². The minimum Gasteiger partial charge on any atom is -0.393 e. The molecule has 0 spiro atoms. The zero-order valence-corrected chi connectivity index (χ0v) is 16.9. The summed E-state index contributed by atoms with van der Waals surface area (Å²) in [5.41, 5.74) is -0.204. The molecular weight excluding hydrogens is 421 g/mol. The number of halogens is 3. The van der Waals surface area contributed by atoms with Crippen LogP contribution in [0.5, 0.6) is 0 Å². The van der Waals surface area contributed by atoms with Gasteiger partial charge >= 0.3 is 0 Å². The molecule has 1 heterocycles. The van der Waals surface area contributed by atoms with Gasteiger partial charge in [0.1, 0.15) is 10.7 Å². The number of rotatable bonds is 4. The number of hydrogen-bond acceptors (Lipinski definition) is 4. The van der Waals surface area contributed by atoms with Crippen molar-refractivity contribution < 1.29 is 31.5 Å². The van der Waals surface area contributed by atoms with Crippen molar-refractivity contribution in [1.29, 1.82) is 0 Å². The van der Waals surface area contributed by atoms with Crippen LogP contribution in [0.3, 0.4) is 0 Å². The fourth-order valence-corrected chi connectivity index (χ4v) is 5.09. The van der Waals surface area contributed by atoms with Crippen LogP contribution in [0.4, 0.5) is 18.9 Å². The number of carbonyl (C=O) groups excluding carboxylic acids is 1. The van der Waals surface area contributed by atoms with Crippen LogP contribution in [0, 0.1) is 17.5 Å². The van der Waals surface area contributed by atoms with E-state index in [0.717, 1.165) is 40.7 Å². The standard InChI is InChI=1S/C20H21F3N2O4S/c1-12-2-5-15(26)8-9-25(12)30(28,29)19-10-13(3-6-17(19)22)20(27)24-14-4-7-16(21)18(23)11-14/h3-4,6-7,10-12,15,26H,2,5,8-9H2,1H3,(H,24,27). The molecule has 1 aliphatic heterocycles. The Morgan fingerprint density at radius 1 is 1.03 bits per heavy atom. The second kappa shape index (κ2) is 8.75. The number of sulfonamides is 1. The minimum atomic E-state index is -4.27. The lowest BCUT2D eigenvalue weighted by molar-refractivity contribution is 0.102. The van der Waals surface area contributed by atoms with E-state index in [1.165, 1.54) is 0 Å². The molecule has 30 heavy (non-hydrogen) atoms. The molecule has 2 atom stereocenters. The van der Waals surface area contributed by atoms with Crippen molar-refractivity contribution in [1.82, 2.24) is 4.31 Å². The highest BCUT2D eigenvalue weighted by atomic mass is 32.2. The quantitative estimate of drug-likeness (QED) is 0.761. The van der Waals surface area contributed by atoms with Gasteiger partial charge in [-0.2, -0.15) is 4.31 Å². The zero-order chi connectivity index (χ0) is 22.1. The fourth-order valence-electron chi connectivity index (χ4n) is 3.32. The molecule has 1 saturated heterocycles. The Labute approximate surface area is 172 Å².